The van der Waals surface area contributed by atoms with Crippen LogP contribution >= 0.6 is 22.6 Å². The van der Waals surface area contributed by atoms with Gasteiger partial charge >= 0.3 is 0 Å². The topological polar surface area (TPSA) is 21.3 Å². The standard InChI is InChI=1S/C13H20INO/c1-13(2,3)15-8-5-9-16-12-7-4-6-11(14)10-12/h4,6-7,10,15H,5,8-9H2,1-3H3. The number of hydrogen-bond donors (Lipinski definition) is 1. The first-order chi connectivity index (χ1) is 7.47. The molecule has 0 aromatic heterocycles. The maximum Gasteiger partial charge on any atom is 0.120 e. The molecule has 0 bridgehead atoms. The molecule has 0 aliphatic carbocycles. The Morgan fingerprint density at radius 1 is 1.31 bits per heavy atom. The second-order valence-corrected chi connectivity index (χ2v) is 6.08. The SMILES string of the molecule is CC(C)(C)NCCCOc1cccc(I)c1. The predicted octanol–water partition coefficient (Wildman–Crippen LogP) is 3.45. The lowest BCUT2D eigenvalue weighted by Gasteiger charge is -2.20. The third-order valence-corrected chi connectivity index (χ3v) is 2.71. The number of rotatable bonds is 5. The van der Waals surface area contributed by atoms with E-state index in [9.17, 15) is 0 Å². The first-order valence-electron chi connectivity index (χ1n) is 5.61. The molecule has 0 saturated carbocycles. The van der Waals surface area contributed by atoms with Crippen LogP contribution in [-0.2, 0) is 0 Å². The van der Waals surface area contributed by atoms with E-state index in [0.717, 1.165) is 25.3 Å². The maximum atomic E-state index is 5.66. The zero-order valence-electron chi connectivity index (χ0n) is 10.2. The largest absolute Gasteiger partial charge is 0.494 e. The van der Waals surface area contributed by atoms with E-state index in [1.807, 2.05) is 12.1 Å². The number of ether oxygens (including phenoxy) is 1. The van der Waals surface area contributed by atoms with Gasteiger partial charge in [-0.05, 0) is 74.5 Å². The van der Waals surface area contributed by atoms with E-state index in [-0.39, 0.29) is 5.54 Å². The van der Waals surface area contributed by atoms with Crippen molar-refractivity contribution >= 4 is 22.6 Å². The van der Waals surface area contributed by atoms with Gasteiger partial charge in [0.2, 0.25) is 0 Å². The molecular weight excluding hydrogens is 313 g/mol. The van der Waals surface area contributed by atoms with Crippen LogP contribution in [0.25, 0.3) is 0 Å². The van der Waals surface area contributed by atoms with E-state index in [2.05, 4.69) is 60.8 Å². The molecule has 1 aromatic carbocycles. The molecule has 0 aliphatic heterocycles. The second-order valence-electron chi connectivity index (χ2n) is 4.84. The van der Waals surface area contributed by atoms with Crippen molar-refractivity contribution < 1.29 is 4.74 Å². The van der Waals surface area contributed by atoms with E-state index in [1.165, 1.54) is 3.57 Å². The van der Waals surface area contributed by atoms with Gasteiger partial charge in [0, 0.05) is 9.11 Å². The average Bonchev–Trinajstić information content (AvgIpc) is 2.15. The van der Waals surface area contributed by atoms with Crippen molar-refractivity contribution in [2.45, 2.75) is 32.7 Å². The highest BCUT2D eigenvalue weighted by atomic mass is 127. The Morgan fingerprint density at radius 2 is 2.06 bits per heavy atom. The van der Waals surface area contributed by atoms with Gasteiger partial charge in [-0.2, -0.15) is 0 Å². The van der Waals surface area contributed by atoms with Crippen LogP contribution in [0, 0.1) is 3.57 Å². The summed E-state index contributed by atoms with van der Waals surface area (Å²) in [5, 5.41) is 3.44. The van der Waals surface area contributed by atoms with Crippen LogP contribution in [0.5, 0.6) is 5.75 Å². The third kappa shape index (κ3) is 6.33. The average molecular weight is 333 g/mol. The smallest absolute Gasteiger partial charge is 0.120 e. The molecule has 0 heterocycles. The Morgan fingerprint density at radius 3 is 2.69 bits per heavy atom. The van der Waals surface area contributed by atoms with Crippen molar-refractivity contribution in [1.29, 1.82) is 0 Å². The molecule has 1 N–H and O–H groups in total. The minimum absolute atomic E-state index is 0.197. The molecule has 16 heavy (non-hydrogen) atoms. The third-order valence-electron chi connectivity index (χ3n) is 2.04. The molecule has 0 saturated heterocycles. The molecule has 1 aromatic rings. The monoisotopic (exact) mass is 333 g/mol. The molecule has 0 spiro atoms. The van der Waals surface area contributed by atoms with Crippen LogP contribution in [0.2, 0.25) is 0 Å². The Balaban J connectivity index is 2.17. The summed E-state index contributed by atoms with van der Waals surface area (Å²) in [6.07, 6.45) is 1.03. The predicted molar refractivity (Wildman–Crippen MR) is 77.0 cm³/mol. The molecule has 0 atom stereocenters. The van der Waals surface area contributed by atoms with E-state index in [4.69, 9.17) is 4.74 Å². The second kappa shape index (κ2) is 6.45. The van der Waals surface area contributed by atoms with Gasteiger partial charge in [0.25, 0.3) is 0 Å². The lowest BCUT2D eigenvalue weighted by atomic mass is 10.1. The lowest BCUT2D eigenvalue weighted by Crippen LogP contribution is -2.36. The lowest BCUT2D eigenvalue weighted by molar-refractivity contribution is 0.298. The number of benzene rings is 1. The summed E-state index contributed by atoms with van der Waals surface area (Å²) < 4.78 is 6.87. The Labute approximate surface area is 112 Å². The minimum atomic E-state index is 0.197. The van der Waals surface area contributed by atoms with Crippen molar-refractivity contribution in [2.75, 3.05) is 13.2 Å². The van der Waals surface area contributed by atoms with Gasteiger partial charge < -0.3 is 10.1 Å². The molecule has 2 nitrogen and oxygen atoms in total. The van der Waals surface area contributed by atoms with E-state index < -0.39 is 0 Å². The zero-order valence-corrected chi connectivity index (χ0v) is 12.4. The van der Waals surface area contributed by atoms with Crippen LogP contribution in [0.3, 0.4) is 0 Å². The van der Waals surface area contributed by atoms with Crippen molar-refractivity contribution in [3.8, 4) is 5.75 Å². The summed E-state index contributed by atoms with van der Waals surface area (Å²) in [5.41, 5.74) is 0.197. The van der Waals surface area contributed by atoms with E-state index >= 15 is 0 Å². The van der Waals surface area contributed by atoms with E-state index in [1.54, 1.807) is 0 Å². The highest BCUT2D eigenvalue weighted by Gasteiger charge is 2.06. The minimum Gasteiger partial charge on any atom is -0.494 e. The summed E-state index contributed by atoms with van der Waals surface area (Å²) >= 11 is 2.29. The molecular formula is C13H20INO. The summed E-state index contributed by atoms with van der Waals surface area (Å²) in [6, 6.07) is 8.14. The van der Waals surface area contributed by atoms with Crippen LogP contribution < -0.4 is 10.1 Å². The summed E-state index contributed by atoms with van der Waals surface area (Å²) in [5.74, 6) is 0.961. The zero-order chi connectivity index (χ0) is 12.0. The molecule has 0 radical (unpaired) electrons. The molecule has 0 fully saturated rings. The Bertz CT molecular complexity index is 320. The van der Waals surface area contributed by atoms with Gasteiger partial charge in [-0.3, -0.25) is 0 Å². The van der Waals surface area contributed by atoms with Crippen LogP contribution in [-0.4, -0.2) is 18.7 Å². The summed E-state index contributed by atoms with van der Waals surface area (Å²) in [7, 11) is 0. The summed E-state index contributed by atoms with van der Waals surface area (Å²) in [6.45, 7) is 8.28. The van der Waals surface area contributed by atoms with Gasteiger partial charge in [-0.25, -0.2) is 0 Å². The fraction of sp³-hybridized carbons (Fsp3) is 0.538. The fourth-order valence-electron chi connectivity index (χ4n) is 1.28. The molecule has 90 valence electrons. The van der Waals surface area contributed by atoms with Gasteiger partial charge in [-0.1, -0.05) is 6.07 Å². The van der Waals surface area contributed by atoms with E-state index in [0.29, 0.717) is 0 Å². The fourth-order valence-corrected chi connectivity index (χ4v) is 1.80. The van der Waals surface area contributed by atoms with Crippen molar-refractivity contribution in [1.82, 2.24) is 5.32 Å². The Kier molecular flexibility index (Phi) is 5.55. The highest BCUT2D eigenvalue weighted by molar-refractivity contribution is 14.1. The van der Waals surface area contributed by atoms with Gasteiger partial charge in [0.05, 0.1) is 6.61 Å². The molecule has 1 rings (SSSR count). The first-order valence-corrected chi connectivity index (χ1v) is 6.69. The van der Waals surface area contributed by atoms with Crippen molar-refractivity contribution in [2.24, 2.45) is 0 Å². The highest BCUT2D eigenvalue weighted by Crippen LogP contribution is 2.14. The maximum absolute atomic E-state index is 5.66. The Hall–Kier alpha value is -0.290. The first kappa shape index (κ1) is 13.8. The van der Waals surface area contributed by atoms with Gasteiger partial charge in [0.1, 0.15) is 5.75 Å². The number of halogens is 1. The number of nitrogens with one attached hydrogen (secondary N) is 1. The van der Waals surface area contributed by atoms with Gasteiger partial charge in [-0.15, -0.1) is 0 Å². The molecule has 0 aliphatic rings. The number of hydrogen-bond acceptors (Lipinski definition) is 2. The quantitative estimate of drug-likeness (QED) is 0.658. The molecule has 3 heteroatoms. The van der Waals surface area contributed by atoms with Crippen LogP contribution in [0.15, 0.2) is 24.3 Å². The molecule has 0 unspecified atom stereocenters. The normalized spacial score (nSPS) is 11.5. The van der Waals surface area contributed by atoms with Crippen molar-refractivity contribution in [3.63, 3.8) is 0 Å². The van der Waals surface area contributed by atoms with Gasteiger partial charge in [0.15, 0.2) is 0 Å². The molecule has 0 amide bonds. The van der Waals surface area contributed by atoms with Crippen LogP contribution in [0.4, 0.5) is 0 Å². The van der Waals surface area contributed by atoms with Crippen molar-refractivity contribution in [3.05, 3.63) is 27.8 Å². The van der Waals surface area contributed by atoms with Crippen LogP contribution in [0.1, 0.15) is 27.2 Å². The summed E-state index contributed by atoms with van der Waals surface area (Å²) in [4.78, 5) is 0.